The van der Waals surface area contributed by atoms with Crippen LogP contribution in [0.2, 0.25) is 0 Å². The molecule has 0 saturated carbocycles. The largest absolute Gasteiger partial charge is 0.494 e. The lowest BCUT2D eigenvalue weighted by Gasteiger charge is -2.38. The molecule has 0 aromatic heterocycles. The summed E-state index contributed by atoms with van der Waals surface area (Å²) in [6.07, 6.45) is 5.09. The van der Waals surface area contributed by atoms with Crippen LogP contribution in [0.3, 0.4) is 0 Å². The first-order chi connectivity index (χ1) is 21.8. The second-order valence-corrected chi connectivity index (χ2v) is 14.5. The highest BCUT2D eigenvalue weighted by Crippen LogP contribution is 2.68. The minimum absolute atomic E-state index is 0.00577. The van der Waals surface area contributed by atoms with Gasteiger partial charge in [-0.25, -0.2) is 0 Å². The number of carbonyl (C=O) groups excluding carboxylic acids is 3. The Bertz CT molecular complexity index is 1390. The van der Waals surface area contributed by atoms with Crippen molar-refractivity contribution in [3.8, 4) is 5.75 Å². The number of halogens is 1. The zero-order chi connectivity index (χ0) is 32.1. The third kappa shape index (κ3) is 6.33. The van der Waals surface area contributed by atoms with Gasteiger partial charge in [0.05, 0.1) is 23.2 Å². The Labute approximate surface area is 278 Å². The number of aliphatic hydroxyl groups is 1. The van der Waals surface area contributed by atoms with Gasteiger partial charge in [0.1, 0.15) is 11.8 Å². The molecule has 2 aromatic carbocycles. The van der Waals surface area contributed by atoms with Crippen LogP contribution in [0, 0.1) is 11.8 Å². The summed E-state index contributed by atoms with van der Waals surface area (Å²) in [5.74, 6) is -0.970. The number of alkyl halides is 1. The molecule has 1 spiro atoms. The predicted octanol–water partition coefficient (Wildman–Crippen LogP) is 5.06. The van der Waals surface area contributed by atoms with Crippen molar-refractivity contribution in [1.82, 2.24) is 9.80 Å². The number of rotatable bonds is 15. The fraction of sp³-hybridized carbons (Fsp3) is 0.457. The summed E-state index contributed by atoms with van der Waals surface area (Å²) >= 11 is 5.51. The normalized spacial score (nSPS) is 26.4. The first kappa shape index (κ1) is 33.3. The van der Waals surface area contributed by atoms with Gasteiger partial charge in [0, 0.05) is 48.6 Å². The summed E-state index contributed by atoms with van der Waals surface area (Å²) in [4.78, 5) is 48.9. The van der Waals surface area contributed by atoms with E-state index in [4.69, 9.17) is 4.74 Å². The van der Waals surface area contributed by atoms with Gasteiger partial charge in [-0.15, -0.1) is 24.9 Å². The van der Waals surface area contributed by atoms with Crippen molar-refractivity contribution in [1.29, 1.82) is 0 Å². The molecular weight excluding hydrogens is 654 g/mol. The van der Waals surface area contributed by atoms with Gasteiger partial charge in [-0.3, -0.25) is 14.4 Å². The molecule has 5 rings (SSSR count). The van der Waals surface area contributed by atoms with Crippen molar-refractivity contribution < 1.29 is 24.2 Å². The third-order valence-corrected chi connectivity index (χ3v) is 12.2. The maximum absolute atomic E-state index is 14.7. The minimum Gasteiger partial charge on any atom is -0.494 e. The highest BCUT2D eigenvalue weighted by atomic mass is 79.9. The van der Waals surface area contributed by atoms with E-state index in [0.717, 1.165) is 5.56 Å². The smallest absolute Gasteiger partial charge is 0.247 e. The van der Waals surface area contributed by atoms with Crippen LogP contribution >= 0.6 is 27.7 Å². The number of ether oxygens (including phenoxy) is 1. The Hall–Kier alpha value is -3.08. The molecule has 3 aliphatic heterocycles. The maximum atomic E-state index is 14.7. The van der Waals surface area contributed by atoms with Gasteiger partial charge < -0.3 is 24.5 Å². The van der Waals surface area contributed by atoms with E-state index in [1.165, 1.54) is 0 Å². The van der Waals surface area contributed by atoms with Gasteiger partial charge in [-0.1, -0.05) is 58.4 Å². The van der Waals surface area contributed by atoms with Crippen molar-refractivity contribution in [2.24, 2.45) is 11.8 Å². The fourth-order valence-corrected chi connectivity index (χ4v) is 10.8. The molecule has 3 fully saturated rings. The fourth-order valence-electron chi connectivity index (χ4n) is 7.21. The van der Waals surface area contributed by atoms with E-state index in [-0.39, 0.29) is 41.0 Å². The second-order valence-electron chi connectivity index (χ2n) is 11.8. The Morgan fingerprint density at radius 1 is 1.09 bits per heavy atom. The Balaban J connectivity index is 1.52. The number of benzene rings is 2. The number of unbranched alkanes of at least 4 members (excludes halogenated alkanes) is 1. The number of fused-ring (bicyclic) bond motifs is 1. The summed E-state index contributed by atoms with van der Waals surface area (Å²) < 4.78 is 4.84. The van der Waals surface area contributed by atoms with Crippen LogP contribution in [0.5, 0.6) is 5.75 Å². The van der Waals surface area contributed by atoms with Crippen LogP contribution in [-0.4, -0.2) is 86.3 Å². The predicted molar refractivity (Wildman–Crippen MR) is 182 cm³/mol. The number of thioether (sulfide) groups is 1. The minimum atomic E-state index is -0.763. The topological polar surface area (TPSA) is 90.4 Å². The van der Waals surface area contributed by atoms with Gasteiger partial charge in [-0.2, -0.15) is 0 Å². The lowest BCUT2D eigenvalue weighted by atomic mass is 9.70. The molecule has 6 atom stereocenters. The number of anilines is 1. The van der Waals surface area contributed by atoms with Crippen LogP contribution < -0.4 is 9.64 Å². The van der Waals surface area contributed by atoms with Crippen LogP contribution in [0.4, 0.5) is 5.69 Å². The van der Waals surface area contributed by atoms with E-state index in [0.29, 0.717) is 56.9 Å². The van der Waals surface area contributed by atoms with Crippen LogP contribution in [-0.2, 0) is 20.9 Å². The molecule has 3 heterocycles. The van der Waals surface area contributed by atoms with E-state index >= 15 is 0 Å². The highest BCUT2D eigenvalue weighted by Gasteiger charge is 2.76. The monoisotopic (exact) mass is 695 g/mol. The first-order valence-corrected chi connectivity index (χ1v) is 17.4. The Kier molecular flexibility index (Phi) is 10.8. The lowest BCUT2D eigenvalue weighted by Crippen LogP contribution is -2.55. The molecule has 0 radical (unpaired) electrons. The molecule has 3 saturated heterocycles. The standard InChI is InChI=1S/C35H42BrN3O5S/c1-4-18-37(23-24-12-8-7-9-13-24)34(43)31-35-22-27(36)30(45-35)28(29(35)33(42)39(31)20-10-11-21-40)32(41)38(19-5-2)25-14-16-26(17-15-25)44-6-3/h4-5,7-9,12-17,27-31,40H,1-2,6,10-11,18-23H2,3H3/t27?,28-,29+,30-,31?,35?/m1/s1. The zero-order valence-electron chi connectivity index (χ0n) is 25.7. The molecule has 1 N–H and O–H groups in total. The Morgan fingerprint density at radius 3 is 2.44 bits per heavy atom. The van der Waals surface area contributed by atoms with Crippen molar-refractivity contribution in [3.63, 3.8) is 0 Å². The molecular formula is C35H42BrN3O5S. The molecule has 2 bridgehead atoms. The van der Waals surface area contributed by atoms with E-state index in [9.17, 15) is 19.5 Å². The molecule has 3 aliphatic rings. The summed E-state index contributed by atoms with van der Waals surface area (Å²) in [6.45, 7) is 11.6. The van der Waals surface area contributed by atoms with Crippen molar-refractivity contribution in [3.05, 3.63) is 85.5 Å². The molecule has 3 amide bonds. The summed E-state index contributed by atoms with van der Waals surface area (Å²) in [7, 11) is 0. The number of hydrogen-bond acceptors (Lipinski definition) is 6. The molecule has 45 heavy (non-hydrogen) atoms. The van der Waals surface area contributed by atoms with E-state index in [1.807, 2.05) is 61.5 Å². The van der Waals surface area contributed by atoms with Crippen molar-refractivity contribution >= 4 is 51.1 Å². The van der Waals surface area contributed by atoms with Crippen molar-refractivity contribution in [2.45, 2.75) is 53.6 Å². The van der Waals surface area contributed by atoms with Gasteiger partial charge in [-0.05, 0) is 56.0 Å². The van der Waals surface area contributed by atoms with Gasteiger partial charge >= 0.3 is 0 Å². The highest BCUT2D eigenvalue weighted by molar-refractivity contribution is 9.09. The number of nitrogens with zero attached hydrogens (tertiary/aromatic N) is 3. The summed E-state index contributed by atoms with van der Waals surface area (Å²) in [6, 6.07) is 16.5. The maximum Gasteiger partial charge on any atom is 0.247 e. The zero-order valence-corrected chi connectivity index (χ0v) is 28.1. The lowest BCUT2D eigenvalue weighted by molar-refractivity contribution is -0.143. The third-order valence-electron chi connectivity index (χ3n) is 9.03. The van der Waals surface area contributed by atoms with Gasteiger partial charge in [0.15, 0.2) is 0 Å². The molecule has 10 heteroatoms. The van der Waals surface area contributed by atoms with E-state index < -0.39 is 22.6 Å². The number of carbonyl (C=O) groups is 3. The summed E-state index contributed by atoms with van der Waals surface area (Å²) in [5, 5.41) is 9.35. The number of amides is 3. The van der Waals surface area contributed by atoms with Gasteiger partial charge in [0.2, 0.25) is 17.7 Å². The molecule has 8 nitrogen and oxygen atoms in total. The van der Waals surface area contributed by atoms with E-state index in [2.05, 4.69) is 29.1 Å². The number of hydrogen-bond donors (Lipinski definition) is 1. The number of aliphatic hydroxyl groups excluding tert-OH is 1. The quantitative estimate of drug-likeness (QED) is 0.159. The molecule has 2 aromatic rings. The molecule has 240 valence electrons. The Morgan fingerprint density at radius 2 is 1.80 bits per heavy atom. The average molecular weight is 697 g/mol. The van der Waals surface area contributed by atoms with Crippen LogP contribution in [0.25, 0.3) is 0 Å². The summed E-state index contributed by atoms with van der Waals surface area (Å²) in [5.41, 5.74) is 1.69. The molecule has 0 aliphatic carbocycles. The van der Waals surface area contributed by atoms with Gasteiger partial charge in [0.25, 0.3) is 0 Å². The van der Waals surface area contributed by atoms with Crippen LogP contribution in [0.1, 0.15) is 31.7 Å². The van der Waals surface area contributed by atoms with Crippen LogP contribution in [0.15, 0.2) is 79.9 Å². The number of likely N-dealkylation sites (tertiary alicyclic amines) is 1. The van der Waals surface area contributed by atoms with Crippen molar-refractivity contribution in [2.75, 3.05) is 37.7 Å². The average Bonchev–Trinajstić information content (AvgIpc) is 3.63. The SMILES string of the molecule is C=CCN(Cc1ccccc1)C(=O)C1N(CCCCO)C(=O)[C@@H]2[C@@H](C(=O)N(CC=C)c3ccc(OCC)cc3)[C@@H]3SC12CC3Br. The second kappa shape index (κ2) is 14.6. The molecule has 3 unspecified atom stereocenters. The first-order valence-electron chi connectivity index (χ1n) is 15.6. The van der Waals surface area contributed by atoms with E-state index in [1.54, 1.807) is 38.6 Å².